The Bertz CT molecular complexity index is 642. The molecule has 0 aromatic heterocycles. The van der Waals surface area contributed by atoms with Crippen LogP contribution >= 0.6 is 0 Å². The smallest absolute Gasteiger partial charge is 0.269 e. The molecule has 0 radical (unpaired) electrons. The quantitative estimate of drug-likeness (QED) is 0.521. The number of ketones is 1. The minimum absolute atomic E-state index is 0.0249. The standard InChI is InChI=1S/C15H12FNO4/c16-13(14(18)10-4-2-1-3-5-10)15(19)11-6-8-12(9-7-11)17(20)21/h1-9,13-14,18H. The van der Waals surface area contributed by atoms with E-state index in [1.807, 2.05) is 0 Å². The van der Waals surface area contributed by atoms with Crippen LogP contribution in [0, 0.1) is 10.1 Å². The molecule has 21 heavy (non-hydrogen) atoms. The minimum Gasteiger partial charge on any atom is -0.385 e. The Morgan fingerprint density at radius 1 is 1.10 bits per heavy atom. The molecule has 0 saturated heterocycles. The number of Topliss-reactive ketones (excluding diaryl/α,β-unsaturated/α-hetero) is 1. The van der Waals surface area contributed by atoms with Gasteiger partial charge < -0.3 is 5.11 Å². The maximum atomic E-state index is 14.1. The Balaban J connectivity index is 2.17. The van der Waals surface area contributed by atoms with Crippen LogP contribution in [0.4, 0.5) is 10.1 Å². The Morgan fingerprint density at radius 3 is 2.19 bits per heavy atom. The van der Waals surface area contributed by atoms with Gasteiger partial charge in [-0.15, -0.1) is 0 Å². The summed E-state index contributed by atoms with van der Waals surface area (Å²) in [6, 6.07) is 12.6. The van der Waals surface area contributed by atoms with Crippen LogP contribution in [0.2, 0.25) is 0 Å². The Morgan fingerprint density at radius 2 is 1.67 bits per heavy atom. The molecule has 2 atom stereocenters. The predicted molar refractivity (Wildman–Crippen MR) is 73.7 cm³/mol. The molecular weight excluding hydrogens is 277 g/mol. The molecule has 0 aliphatic rings. The van der Waals surface area contributed by atoms with Crippen LogP contribution < -0.4 is 0 Å². The fourth-order valence-corrected chi connectivity index (χ4v) is 1.87. The number of aliphatic hydroxyl groups is 1. The van der Waals surface area contributed by atoms with Gasteiger partial charge in [-0.3, -0.25) is 14.9 Å². The highest BCUT2D eigenvalue weighted by molar-refractivity contribution is 6.00. The second kappa shape index (κ2) is 6.23. The van der Waals surface area contributed by atoms with Crippen LogP contribution in [0.25, 0.3) is 0 Å². The Hall–Kier alpha value is -2.60. The molecule has 2 aromatic carbocycles. The topological polar surface area (TPSA) is 80.4 Å². The lowest BCUT2D eigenvalue weighted by molar-refractivity contribution is -0.384. The van der Waals surface area contributed by atoms with Gasteiger partial charge in [-0.2, -0.15) is 0 Å². The number of carbonyl (C=O) groups is 1. The van der Waals surface area contributed by atoms with Gasteiger partial charge in [0.1, 0.15) is 6.10 Å². The molecular formula is C15H12FNO4. The van der Waals surface area contributed by atoms with Crippen molar-refractivity contribution < 1.29 is 19.2 Å². The Labute approximate surface area is 119 Å². The molecule has 5 nitrogen and oxygen atoms in total. The fourth-order valence-electron chi connectivity index (χ4n) is 1.87. The van der Waals surface area contributed by atoms with E-state index < -0.39 is 23.0 Å². The summed E-state index contributed by atoms with van der Waals surface area (Å²) in [7, 11) is 0. The maximum Gasteiger partial charge on any atom is 0.269 e. The van der Waals surface area contributed by atoms with Crippen molar-refractivity contribution in [1.82, 2.24) is 0 Å². The zero-order valence-corrected chi connectivity index (χ0v) is 10.8. The molecule has 0 heterocycles. The lowest BCUT2D eigenvalue weighted by atomic mass is 9.98. The summed E-state index contributed by atoms with van der Waals surface area (Å²) in [5.74, 6) is -0.916. The van der Waals surface area contributed by atoms with Crippen molar-refractivity contribution >= 4 is 11.5 Å². The van der Waals surface area contributed by atoms with Crippen LogP contribution in [0.1, 0.15) is 22.0 Å². The van der Waals surface area contributed by atoms with Gasteiger partial charge in [-0.25, -0.2) is 4.39 Å². The van der Waals surface area contributed by atoms with E-state index in [4.69, 9.17) is 0 Å². The number of nitro benzene ring substituents is 1. The highest BCUT2D eigenvalue weighted by atomic mass is 19.1. The molecule has 0 bridgehead atoms. The van der Waals surface area contributed by atoms with Gasteiger partial charge in [0.2, 0.25) is 0 Å². The number of benzene rings is 2. The minimum atomic E-state index is -2.13. The monoisotopic (exact) mass is 289 g/mol. The number of nitro groups is 1. The largest absolute Gasteiger partial charge is 0.385 e. The predicted octanol–water partition coefficient (Wildman–Crippen LogP) is 2.85. The summed E-state index contributed by atoms with van der Waals surface area (Å²) in [5.41, 5.74) is 0.0777. The van der Waals surface area contributed by atoms with E-state index in [0.29, 0.717) is 5.56 Å². The summed E-state index contributed by atoms with van der Waals surface area (Å²) in [6.07, 6.45) is -3.71. The molecule has 2 aromatic rings. The van der Waals surface area contributed by atoms with E-state index >= 15 is 0 Å². The van der Waals surface area contributed by atoms with Gasteiger partial charge in [-0.1, -0.05) is 30.3 Å². The summed E-state index contributed by atoms with van der Waals surface area (Å²) >= 11 is 0. The lowest BCUT2D eigenvalue weighted by Gasteiger charge is -2.15. The zero-order chi connectivity index (χ0) is 15.4. The van der Waals surface area contributed by atoms with Crippen molar-refractivity contribution in [2.45, 2.75) is 12.3 Å². The number of alkyl halides is 1. The normalized spacial score (nSPS) is 13.4. The van der Waals surface area contributed by atoms with E-state index in [0.717, 1.165) is 12.1 Å². The average molecular weight is 289 g/mol. The number of halogens is 1. The molecule has 108 valence electrons. The van der Waals surface area contributed by atoms with Crippen molar-refractivity contribution in [1.29, 1.82) is 0 Å². The highest BCUT2D eigenvalue weighted by Crippen LogP contribution is 2.23. The number of nitrogens with zero attached hydrogens (tertiary/aromatic N) is 1. The van der Waals surface area contributed by atoms with Crippen LogP contribution in [-0.2, 0) is 0 Å². The molecule has 2 unspecified atom stereocenters. The van der Waals surface area contributed by atoms with Crippen molar-refractivity contribution in [3.8, 4) is 0 Å². The molecule has 0 spiro atoms. The van der Waals surface area contributed by atoms with Crippen molar-refractivity contribution in [3.05, 3.63) is 75.8 Å². The van der Waals surface area contributed by atoms with Crippen LogP contribution in [-0.4, -0.2) is 22.0 Å². The van der Waals surface area contributed by atoms with Gasteiger partial charge in [0.05, 0.1) is 4.92 Å². The summed E-state index contributed by atoms with van der Waals surface area (Å²) in [6.45, 7) is 0. The second-order valence-corrected chi connectivity index (χ2v) is 4.43. The number of hydrogen-bond acceptors (Lipinski definition) is 4. The molecule has 6 heteroatoms. The highest BCUT2D eigenvalue weighted by Gasteiger charge is 2.28. The van der Waals surface area contributed by atoms with Gasteiger partial charge in [0.15, 0.2) is 12.0 Å². The van der Waals surface area contributed by atoms with E-state index in [1.165, 1.54) is 24.3 Å². The lowest BCUT2D eigenvalue weighted by Crippen LogP contribution is -2.24. The van der Waals surface area contributed by atoms with Gasteiger partial charge in [0, 0.05) is 17.7 Å². The maximum absolute atomic E-state index is 14.1. The first-order chi connectivity index (χ1) is 10.0. The fraction of sp³-hybridized carbons (Fsp3) is 0.133. The van der Waals surface area contributed by atoms with E-state index in [1.54, 1.807) is 18.2 Å². The van der Waals surface area contributed by atoms with Crippen molar-refractivity contribution in [2.24, 2.45) is 0 Å². The third kappa shape index (κ3) is 3.29. The first-order valence-corrected chi connectivity index (χ1v) is 6.16. The van der Waals surface area contributed by atoms with Crippen molar-refractivity contribution in [2.75, 3.05) is 0 Å². The van der Waals surface area contributed by atoms with Crippen LogP contribution in [0.5, 0.6) is 0 Å². The van der Waals surface area contributed by atoms with E-state index in [2.05, 4.69) is 0 Å². The molecule has 0 fully saturated rings. The number of carbonyl (C=O) groups excluding carboxylic acids is 1. The molecule has 2 rings (SSSR count). The molecule has 0 aliphatic heterocycles. The van der Waals surface area contributed by atoms with Crippen molar-refractivity contribution in [3.63, 3.8) is 0 Å². The number of rotatable bonds is 5. The van der Waals surface area contributed by atoms with Gasteiger partial charge in [0.25, 0.3) is 5.69 Å². The first-order valence-electron chi connectivity index (χ1n) is 6.16. The molecule has 0 aliphatic carbocycles. The van der Waals surface area contributed by atoms with E-state index in [9.17, 15) is 24.4 Å². The van der Waals surface area contributed by atoms with Crippen LogP contribution in [0.15, 0.2) is 54.6 Å². The number of non-ortho nitro benzene ring substituents is 1. The zero-order valence-electron chi connectivity index (χ0n) is 10.8. The second-order valence-electron chi connectivity index (χ2n) is 4.43. The third-order valence-electron chi connectivity index (χ3n) is 3.03. The average Bonchev–Trinajstić information content (AvgIpc) is 2.53. The number of hydrogen-bond donors (Lipinski definition) is 1. The van der Waals surface area contributed by atoms with Gasteiger partial charge >= 0.3 is 0 Å². The molecule has 0 saturated carbocycles. The summed E-state index contributed by atoms with van der Waals surface area (Å²) in [4.78, 5) is 21.8. The summed E-state index contributed by atoms with van der Waals surface area (Å²) in [5, 5.41) is 20.4. The molecule has 0 amide bonds. The van der Waals surface area contributed by atoms with Gasteiger partial charge in [-0.05, 0) is 17.7 Å². The SMILES string of the molecule is O=C(c1ccc([N+](=O)[O-])cc1)C(F)C(O)c1ccccc1. The summed E-state index contributed by atoms with van der Waals surface area (Å²) < 4.78 is 14.1. The van der Waals surface area contributed by atoms with Crippen LogP contribution in [0.3, 0.4) is 0 Å². The third-order valence-corrected chi connectivity index (χ3v) is 3.03. The number of aliphatic hydroxyl groups excluding tert-OH is 1. The molecule has 1 N–H and O–H groups in total. The van der Waals surface area contributed by atoms with E-state index in [-0.39, 0.29) is 11.3 Å². The first kappa shape index (κ1) is 14.8. The Kier molecular flexibility index (Phi) is 4.39.